The van der Waals surface area contributed by atoms with E-state index in [2.05, 4.69) is 30.1 Å². The van der Waals surface area contributed by atoms with Crippen LogP contribution in [0, 0.1) is 11.7 Å². The summed E-state index contributed by atoms with van der Waals surface area (Å²) in [4.78, 5) is 2.29. The third kappa shape index (κ3) is 2.56. The second-order valence-electron chi connectivity index (χ2n) is 6.37. The van der Waals surface area contributed by atoms with Gasteiger partial charge in [0.2, 0.25) is 0 Å². The minimum Gasteiger partial charge on any atom is -0.366 e. The van der Waals surface area contributed by atoms with Gasteiger partial charge in [-0.2, -0.15) is 0 Å². The Morgan fingerprint density at radius 3 is 2.85 bits per heavy atom. The minimum absolute atomic E-state index is 0.0554. The normalized spacial score (nSPS) is 26.2. The molecule has 3 unspecified atom stereocenters. The van der Waals surface area contributed by atoms with Crippen LogP contribution in [0.15, 0.2) is 18.2 Å². The number of benzene rings is 1. The fourth-order valence-electron chi connectivity index (χ4n) is 3.72. The molecule has 3 rings (SSSR count). The maximum atomic E-state index is 14.4. The highest BCUT2D eigenvalue weighted by Gasteiger charge is 2.38. The number of hydrogen-bond donors (Lipinski definition) is 1. The molecule has 0 spiro atoms. The van der Waals surface area contributed by atoms with Gasteiger partial charge in [-0.1, -0.05) is 13.0 Å². The molecule has 3 atom stereocenters. The maximum Gasteiger partial charge on any atom is 0.146 e. The number of hydrogen-bond acceptors (Lipinski definition) is 2. The third-order valence-electron chi connectivity index (χ3n) is 4.89. The fraction of sp³-hybridized carbons (Fsp3) is 0.647. The van der Waals surface area contributed by atoms with Gasteiger partial charge in [0.25, 0.3) is 0 Å². The van der Waals surface area contributed by atoms with E-state index < -0.39 is 0 Å². The van der Waals surface area contributed by atoms with E-state index in [0.29, 0.717) is 6.04 Å². The van der Waals surface area contributed by atoms with Gasteiger partial charge in [0.15, 0.2) is 0 Å². The first-order valence-corrected chi connectivity index (χ1v) is 7.98. The van der Waals surface area contributed by atoms with E-state index in [1.54, 1.807) is 6.07 Å². The first-order chi connectivity index (χ1) is 9.69. The van der Waals surface area contributed by atoms with Gasteiger partial charge in [0, 0.05) is 18.6 Å². The molecule has 110 valence electrons. The van der Waals surface area contributed by atoms with Crippen LogP contribution >= 0.6 is 0 Å². The molecule has 1 heterocycles. The van der Waals surface area contributed by atoms with Crippen molar-refractivity contribution in [2.24, 2.45) is 5.92 Å². The SMILES string of the molecule is CCCNC(C)c1ccc(N2CC3CCC2C3)c(F)c1. The molecule has 20 heavy (non-hydrogen) atoms. The highest BCUT2D eigenvalue weighted by atomic mass is 19.1. The predicted molar refractivity (Wildman–Crippen MR) is 81.6 cm³/mol. The second-order valence-corrected chi connectivity index (χ2v) is 6.37. The molecule has 1 aliphatic heterocycles. The molecular formula is C17H25FN2. The Kier molecular flexibility index (Phi) is 3.97. The van der Waals surface area contributed by atoms with Gasteiger partial charge in [-0.3, -0.25) is 0 Å². The van der Waals surface area contributed by atoms with Gasteiger partial charge in [-0.25, -0.2) is 4.39 Å². The molecular weight excluding hydrogens is 251 g/mol. The number of piperidine rings is 1. The van der Waals surface area contributed by atoms with Crippen LogP contribution in [0.1, 0.15) is 51.1 Å². The zero-order valence-corrected chi connectivity index (χ0v) is 12.5. The zero-order valence-electron chi connectivity index (χ0n) is 12.5. The Hall–Kier alpha value is -1.09. The minimum atomic E-state index is -0.0554. The second kappa shape index (κ2) is 5.72. The van der Waals surface area contributed by atoms with E-state index in [9.17, 15) is 4.39 Å². The summed E-state index contributed by atoms with van der Waals surface area (Å²) in [6.45, 7) is 6.26. The maximum absolute atomic E-state index is 14.4. The summed E-state index contributed by atoms with van der Waals surface area (Å²) in [6.07, 6.45) is 4.93. The third-order valence-corrected chi connectivity index (χ3v) is 4.89. The smallest absolute Gasteiger partial charge is 0.146 e. The summed E-state index contributed by atoms with van der Waals surface area (Å²) in [5, 5.41) is 3.41. The monoisotopic (exact) mass is 276 g/mol. The molecule has 1 saturated carbocycles. The molecule has 0 aromatic heterocycles. The Morgan fingerprint density at radius 2 is 2.25 bits per heavy atom. The number of anilines is 1. The molecule has 2 bridgehead atoms. The van der Waals surface area contributed by atoms with Gasteiger partial charge in [0.1, 0.15) is 5.82 Å². The number of halogens is 1. The molecule has 2 fully saturated rings. The van der Waals surface area contributed by atoms with E-state index in [1.165, 1.54) is 19.3 Å². The van der Waals surface area contributed by atoms with Crippen LogP contribution in [0.3, 0.4) is 0 Å². The van der Waals surface area contributed by atoms with E-state index >= 15 is 0 Å². The molecule has 1 saturated heterocycles. The molecule has 2 nitrogen and oxygen atoms in total. The number of nitrogens with zero attached hydrogens (tertiary/aromatic N) is 1. The van der Waals surface area contributed by atoms with E-state index in [4.69, 9.17) is 0 Å². The molecule has 0 amide bonds. The summed E-state index contributed by atoms with van der Waals surface area (Å²) in [5.41, 5.74) is 1.85. The van der Waals surface area contributed by atoms with Gasteiger partial charge in [-0.05, 0) is 62.8 Å². The summed E-state index contributed by atoms with van der Waals surface area (Å²) in [5.74, 6) is 0.740. The first kappa shape index (κ1) is 13.9. The van der Waals surface area contributed by atoms with Crippen molar-refractivity contribution in [2.75, 3.05) is 18.0 Å². The van der Waals surface area contributed by atoms with Gasteiger partial charge >= 0.3 is 0 Å². The average molecular weight is 276 g/mol. The van der Waals surface area contributed by atoms with Crippen molar-refractivity contribution >= 4 is 5.69 Å². The Morgan fingerprint density at radius 1 is 1.40 bits per heavy atom. The van der Waals surface area contributed by atoms with Gasteiger partial charge < -0.3 is 10.2 Å². The fourth-order valence-corrected chi connectivity index (χ4v) is 3.72. The van der Waals surface area contributed by atoms with E-state index in [0.717, 1.165) is 36.7 Å². The van der Waals surface area contributed by atoms with Crippen LogP contribution in [0.4, 0.5) is 10.1 Å². The molecule has 1 aromatic rings. The lowest BCUT2D eigenvalue weighted by atomic mass is 10.1. The van der Waals surface area contributed by atoms with Crippen molar-refractivity contribution in [1.82, 2.24) is 5.32 Å². The molecule has 0 radical (unpaired) electrons. The lowest BCUT2D eigenvalue weighted by Crippen LogP contribution is -2.32. The van der Waals surface area contributed by atoms with E-state index in [-0.39, 0.29) is 11.9 Å². The predicted octanol–water partition coefficient (Wildman–Crippen LogP) is 3.88. The summed E-state index contributed by atoms with van der Waals surface area (Å²) in [7, 11) is 0. The van der Waals surface area contributed by atoms with E-state index in [1.807, 2.05) is 6.07 Å². The Balaban J connectivity index is 1.74. The quantitative estimate of drug-likeness (QED) is 0.878. The van der Waals surface area contributed by atoms with Crippen molar-refractivity contribution in [3.63, 3.8) is 0 Å². The van der Waals surface area contributed by atoms with Gasteiger partial charge in [-0.15, -0.1) is 0 Å². The summed E-state index contributed by atoms with van der Waals surface area (Å²) < 4.78 is 14.4. The van der Waals surface area contributed by atoms with Crippen molar-refractivity contribution in [3.05, 3.63) is 29.6 Å². The van der Waals surface area contributed by atoms with Crippen molar-refractivity contribution in [1.29, 1.82) is 0 Å². The van der Waals surface area contributed by atoms with Crippen LogP contribution in [0.5, 0.6) is 0 Å². The Bertz CT molecular complexity index is 474. The molecule has 1 N–H and O–H groups in total. The topological polar surface area (TPSA) is 15.3 Å². The van der Waals surface area contributed by atoms with Crippen LogP contribution in [0.2, 0.25) is 0 Å². The summed E-state index contributed by atoms with van der Waals surface area (Å²) in [6, 6.07) is 6.58. The molecule has 2 aliphatic rings. The zero-order chi connectivity index (χ0) is 14.1. The van der Waals surface area contributed by atoms with Crippen LogP contribution < -0.4 is 10.2 Å². The van der Waals surface area contributed by atoms with Crippen molar-refractivity contribution < 1.29 is 4.39 Å². The van der Waals surface area contributed by atoms with Crippen LogP contribution in [0.25, 0.3) is 0 Å². The number of fused-ring (bicyclic) bond motifs is 2. The van der Waals surface area contributed by atoms with Crippen LogP contribution in [-0.2, 0) is 0 Å². The number of rotatable bonds is 5. The Labute approximate surface area is 121 Å². The molecule has 1 aliphatic carbocycles. The van der Waals surface area contributed by atoms with Crippen molar-refractivity contribution in [2.45, 2.75) is 51.6 Å². The molecule has 1 aromatic carbocycles. The highest BCUT2D eigenvalue weighted by molar-refractivity contribution is 5.52. The van der Waals surface area contributed by atoms with Crippen LogP contribution in [-0.4, -0.2) is 19.1 Å². The largest absolute Gasteiger partial charge is 0.366 e. The van der Waals surface area contributed by atoms with Crippen molar-refractivity contribution in [3.8, 4) is 0 Å². The average Bonchev–Trinajstić information content (AvgIpc) is 3.07. The first-order valence-electron chi connectivity index (χ1n) is 7.98. The standard InChI is InChI=1S/C17H25FN2/c1-3-8-19-12(2)14-5-7-17(16(18)10-14)20-11-13-4-6-15(20)9-13/h5,7,10,12-13,15,19H,3-4,6,8-9,11H2,1-2H3. The summed E-state index contributed by atoms with van der Waals surface area (Å²) >= 11 is 0. The number of nitrogens with one attached hydrogen (secondary N) is 1. The van der Waals surface area contributed by atoms with Gasteiger partial charge in [0.05, 0.1) is 5.69 Å². The molecule has 3 heteroatoms. The lowest BCUT2D eigenvalue weighted by Gasteiger charge is -2.30. The highest BCUT2D eigenvalue weighted by Crippen LogP contribution is 2.41. The lowest BCUT2D eigenvalue weighted by molar-refractivity contribution is 0.536.